The quantitative estimate of drug-likeness (QED) is 0.380. The first-order valence-corrected chi connectivity index (χ1v) is 9.27. The third-order valence-electron chi connectivity index (χ3n) is 3.59. The smallest absolute Gasteiger partial charge is 0.191 e. The fraction of sp³-hybridized carbons (Fsp3) is 0.923. The van der Waals surface area contributed by atoms with Crippen molar-refractivity contribution in [3.8, 4) is 0 Å². The van der Waals surface area contributed by atoms with Gasteiger partial charge in [0.15, 0.2) is 5.96 Å². The van der Waals surface area contributed by atoms with Crippen LogP contribution in [0.4, 0.5) is 0 Å². The highest BCUT2D eigenvalue weighted by molar-refractivity contribution is 14.0. The molecule has 1 heterocycles. The molecule has 0 aliphatic carbocycles. The van der Waals surface area contributed by atoms with Crippen LogP contribution in [0.1, 0.15) is 26.7 Å². The van der Waals surface area contributed by atoms with E-state index in [0.717, 1.165) is 25.9 Å². The Hall–Kier alpha value is -0.0900. The van der Waals surface area contributed by atoms with Gasteiger partial charge in [-0.15, -0.1) is 24.0 Å². The Balaban J connectivity index is 0.00000400. The first-order chi connectivity index (χ1) is 9.31. The molecular weight excluding hydrogens is 403 g/mol. The van der Waals surface area contributed by atoms with Crippen molar-refractivity contribution in [2.75, 3.05) is 38.7 Å². The number of hydrogen-bond donors (Lipinski definition) is 2. The zero-order valence-corrected chi connectivity index (χ0v) is 16.6. The van der Waals surface area contributed by atoms with E-state index in [0.29, 0.717) is 24.6 Å². The summed E-state index contributed by atoms with van der Waals surface area (Å²) in [6.45, 7) is 7.02. The van der Waals surface area contributed by atoms with Crippen molar-refractivity contribution in [3.05, 3.63) is 0 Å². The number of sulfone groups is 1. The Morgan fingerprint density at radius 2 is 1.90 bits per heavy atom. The van der Waals surface area contributed by atoms with Crippen LogP contribution in [0.25, 0.3) is 0 Å². The number of aliphatic imine (C=N–C) groups is 1. The van der Waals surface area contributed by atoms with Crippen molar-refractivity contribution in [1.82, 2.24) is 15.5 Å². The summed E-state index contributed by atoms with van der Waals surface area (Å²) in [6, 6.07) is 1.01. The van der Waals surface area contributed by atoms with E-state index in [-0.39, 0.29) is 29.7 Å². The molecule has 1 aliphatic heterocycles. The number of rotatable bonds is 5. The summed E-state index contributed by atoms with van der Waals surface area (Å²) in [7, 11) is -1.22. The lowest BCUT2D eigenvalue weighted by atomic mass is 10.0. The Labute approximate surface area is 146 Å². The minimum atomic E-state index is -2.93. The molecule has 1 rings (SSSR count). The lowest BCUT2D eigenvalue weighted by Crippen LogP contribution is -2.50. The molecule has 6 nitrogen and oxygen atoms in total. The molecule has 2 N–H and O–H groups in total. The zero-order valence-electron chi connectivity index (χ0n) is 13.4. The van der Waals surface area contributed by atoms with Crippen molar-refractivity contribution in [3.63, 3.8) is 0 Å². The summed E-state index contributed by atoms with van der Waals surface area (Å²) in [5, 5.41) is 6.42. The topological polar surface area (TPSA) is 73.8 Å². The van der Waals surface area contributed by atoms with E-state index in [2.05, 4.69) is 34.4 Å². The number of piperidine rings is 1. The molecular formula is C13H29IN4O2S. The first kappa shape index (κ1) is 20.9. The van der Waals surface area contributed by atoms with Gasteiger partial charge in [-0.05, 0) is 26.7 Å². The van der Waals surface area contributed by atoms with Crippen LogP contribution in [0, 0.1) is 0 Å². The largest absolute Gasteiger partial charge is 0.355 e. The lowest BCUT2D eigenvalue weighted by Gasteiger charge is -2.35. The van der Waals surface area contributed by atoms with Crippen LogP contribution in [0.5, 0.6) is 0 Å². The molecule has 0 aromatic rings. The van der Waals surface area contributed by atoms with E-state index >= 15 is 0 Å². The molecule has 0 spiro atoms. The molecule has 1 aliphatic rings. The summed E-state index contributed by atoms with van der Waals surface area (Å²) in [5.74, 6) is 0.816. The Morgan fingerprint density at radius 3 is 2.33 bits per heavy atom. The van der Waals surface area contributed by atoms with Crippen LogP contribution in [-0.4, -0.2) is 70.1 Å². The molecule has 8 heteroatoms. The van der Waals surface area contributed by atoms with Crippen LogP contribution in [0.15, 0.2) is 4.99 Å². The van der Waals surface area contributed by atoms with Crippen LogP contribution in [-0.2, 0) is 9.84 Å². The number of likely N-dealkylation sites (tertiary alicyclic amines) is 1. The summed E-state index contributed by atoms with van der Waals surface area (Å²) in [6.07, 6.45) is 3.42. The lowest BCUT2D eigenvalue weighted by molar-refractivity contribution is 0.167. The summed E-state index contributed by atoms with van der Waals surface area (Å²) in [4.78, 5) is 6.61. The van der Waals surface area contributed by atoms with Gasteiger partial charge in [0.05, 0.1) is 5.75 Å². The fourth-order valence-electron chi connectivity index (χ4n) is 2.30. The van der Waals surface area contributed by atoms with Gasteiger partial charge in [-0.3, -0.25) is 4.99 Å². The predicted molar refractivity (Wildman–Crippen MR) is 99.4 cm³/mol. The number of hydrogen-bond acceptors (Lipinski definition) is 4. The normalized spacial score (nSPS) is 18.4. The van der Waals surface area contributed by atoms with E-state index in [9.17, 15) is 8.42 Å². The monoisotopic (exact) mass is 432 g/mol. The van der Waals surface area contributed by atoms with E-state index < -0.39 is 9.84 Å². The first-order valence-electron chi connectivity index (χ1n) is 7.21. The second-order valence-corrected chi connectivity index (χ2v) is 7.94. The van der Waals surface area contributed by atoms with Crippen molar-refractivity contribution in [1.29, 1.82) is 0 Å². The van der Waals surface area contributed by atoms with E-state index in [1.807, 2.05) is 0 Å². The van der Waals surface area contributed by atoms with Crippen molar-refractivity contribution < 1.29 is 8.42 Å². The standard InChI is InChI=1S/C13H28N4O2S.HI/c1-11(2)17-8-5-12(6-9-17)16-13(14-3)15-7-10-20(4,18)19;/h11-12H,5-10H2,1-4H3,(H2,14,15,16);1H. The molecule has 1 saturated heterocycles. The molecule has 0 amide bonds. The van der Waals surface area contributed by atoms with Crippen LogP contribution in [0.3, 0.4) is 0 Å². The molecule has 0 bridgehead atoms. The van der Waals surface area contributed by atoms with E-state index in [4.69, 9.17) is 0 Å². The Bertz CT molecular complexity index is 418. The van der Waals surface area contributed by atoms with Gasteiger partial charge in [-0.2, -0.15) is 0 Å². The van der Waals surface area contributed by atoms with Crippen molar-refractivity contribution in [2.45, 2.75) is 38.8 Å². The van der Waals surface area contributed by atoms with E-state index in [1.165, 1.54) is 6.26 Å². The van der Waals surface area contributed by atoms with Gasteiger partial charge in [0, 0.05) is 45.0 Å². The maximum Gasteiger partial charge on any atom is 0.191 e. The highest BCUT2D eigenvalue weighted by Gasteiger charge is 2.21. The molecule has 0 radical (unpaired) electrons. The minimum Gasteiger partial charge on any atom is -0.355 e. The SMILES string of the molecule is CN=C(NCCS(C)(=O)=O)NC1CCN(C(C)C)CC1.I. The van der Waals surface area contributed by atoms with Gasteiger partial charge in [0.25, 0.3) is 0 Å². The Kier molecular flexibility index (Phi) is 9.79. The van der Waals surface area contributed by atoms with Gasteiger partial charge in [0.2, 0.25) is 0 Å². The van der Waals surface area contributed by atoms with Gasteiger partial charge in [-0.1, -0.05) is 0 Å². The molecule has 0 aromatic heterocycles. The zero-order chi connectivity index (χ0) is 15.2. The van der Waals surface area contributed by atoms with Crippen LogP contribution >= 0.6 is 24.0 Å². The third kappa shape index (κ3) is 8.82. The number of nitrogens with one attached hydrogen (secondary N) is 2. The Morgan fingerprint density at radius 1 is 1.33 bits per heavy atom. The number of nitrogens with zero attached hydrogens (tertiary/aromatic N) is 2. The molecule has 0 atom stereocenters. The molecule has 21 heavy (non-hydrogen) atoms. The number of guanidine groups is 1. The van der Waals surface area contributed by atoms with Gasteiger partial charge in [0.1, 0.15) is 9.84 Å². The molecule has 0 aromatic carbocycles. The van der Waals surface area contributed by atoms with Crippen LogP contribution in [0.2, 0.25) is 0 Å². The number of halogens is 1. The van der Waals surface area contributed by atoms with Crippen molar-refractivity contribution >= 4 is 39.8 Å². The minimum absolute atomic E-state index is 0. The molecule has 1 fully saturated rings. The van der Waals surface area contributed by atoms with Crippen LogP contribution < -0.4 is 10.6 Å². The third-order valence-corrected chi connectivity index (χ3v) is 4.54. The van der Waals surface area contributed by atoms with Gasteiger partial charge in [-0.25, -0.2) is 8.42 Å². The average Bonchev–Trinajstić information content (AvgIpc) is 2.36. The van der Waals surface area contributed by atoms with Gasteiger partial charge < -0.3 is 15.5 Å². The molecule has 126 valence electrons. The highest BCUT2D eigenvalue weighted by atomic mass is 127. The second kappa shape index (κ2) is 9.83. The van der Waals surface area contributed by atoms with Crippen molar-refractivity contribution in [2.24, 2.45) is 4.99 Å². The van der Waals surface area contributed by atoms with Gasteiger partial charge >= 0.3 is 0 Å². The molecule has 0 saturated carbocycles. The predicted octanol–water partition coefficient (Wildman–Crippen LogP) is 0.687. The van der Waals surface area contributed by atoms with E-state index in [1.54, 1.807) is 7.05 Å². The molecule has 0 unspecified atom stereocenters. The second-order valence-electron chi connectivity index (χ2n) is 5.68. The maximum absolute atomic E-state index is 11.1. The summed E-state index contributed by atoms with van der Waals surface area (Å²) in [5.41, 5.74) is 0. The highest BCUT2D eigenvalue weighted by Crippen LogP contribution is 2.12. The summed E-state index contributed by atoms with van der Waals surface area (Å²) < 4.78 is 22.2. The average molecular weight is 432 g/mol. The summed E-state index contributed by atoms with van der Waals surface area (Å²) >= 11 is 0. The maximum atomic E-state index is 11.1. The fourth-order valence-corrected chi connectivity index (χ4v) is 2.78.